The Labute approximate surface area is 144 Å². The molecule has 1 unspecified atom stereocenters. The van der Waals surface area contributed by atoms with E-state index in [0.29, 0.717) is 11.6 Å². The van der Waals surface area contributed by atoms with Crippen LogP contribution in [0, 0.1) is 12.8 Å². The first kappa shape index (κ1) is 18.5. The lowest BCUT2D eigenvalue weighted by molar-refractivity contribution is -0.135. The number of aryl methyl sites for hydroxylation is 1. The Kier molecular flexibility index (Phi) is 6.37. The molecule has 1 fully saturated rings. The van der Waals surface area contributed by atoms with Crippen molar-refractivity contribution in [2.45, 2.75) is 45.7 Å². The van der Waals surface area contributed by atoms with E-state index in [1.807, 2.05) is 50.9 Å². The fraction of sp³-hybridized carbons (Fsp3) is 0.579. The molecular formula is C19H29N3O2. The monoisotopic (exact) mass is 331 g/mol. The van der Waals surface area contributed by atoms with Crippen LogP contribution in [0.4, 0.5) is 0 Å². The number of nitrogens with zero attached hydrogens (tertiary/aromatic N) is 1. The lowest BCUT2D eigenvalue weighted by atomic mass is 9.99. The molecule has 2 rings (SSSR count). The molecule has 1 aliphatic heterocycles. The first-order chi connectivity index (χ1) is 11.4. The zero-order valence-corrected chi connectivity index (χ0v) is 15.1. The second-order valence-corrected chi connectivity index (χ2v) is 6.95. The van der Waals surface area contributed by atoms with Crippen LogP contribution in [-0.2, 0) is 4.79 Å². The van der Waals surface area contributed by atoms with Crippen molar-refractivity contribution >= 4 is 11.8 Å². The van der Waals surface area contributed by atoms with Crippen LogP contribution in [0.15, 0.2) is 24.3 Å². The summed E-state index contributed by atoms with van der Waals surface area (Å²) in [7, 11) is 1.96. The minimum atomic E-state index is -0.482. The summed E-state index contributed by atoms with van der Waals surface area (Å²) in [5.41, 5.74) is 1.63. The van der Waals surface area contributed by atoms with E-state index < -0.39 is 6.04 Å². The molecule has 24 heavy (non-hydrogen) atoms. The van der Waals surface area contributed by atoms with Gasteiger partial charge in [-0.05, 0) is 44.9 Å². The van der Waals surface area contributed by atoms with E-state index >= 15 is 0 Å². The van der Waals surface area contributed by atoms with Gasteiger partial charge in [-0.3, -0.25) is 9.59 Å². The van der Waals surface area contributed by atoms with Crippen LogP contribution in [0.2, 0.25) is 0 Å². The molecule has 0 radical (unpaired) electrons. The van der Waals surface area contributed by atoms with E-state index in [2.05, 4.69) is 10.6 Å². The number of benzene rings is 1. The summed E-state index contributed by atoms with van der Waals surface area (Å²) in [6.45, 7) is 7.38. The number of carbonyl (C=O) groups excluding carboxylic acids is 2. The highest BCUT2D eigenvalue weighted by molar-refractivity contribution is 5.97. The third-order valence-corrected chi connectivity index (χ3v) is 4.71. The molecule has 0 aromatic heterocycles. The molecule has 2 amide bonds. The number of likely N-dealkylation sites (tertiary alicyclic amines) is 1. The van der Waals surface area contributed by atoms with Crippen LogP contribution in [0.5, 0.6) is 0 Å². The van der Waals surface area contributed by atoms with Gasteiger partial charge < -0.3 is 15.5 Å². The Morgan fingerprint density at radius 3 is 2.42 bits per heavy atom. The molecule has 5 nitrogen and oxygen atoms in total. The summed E-state index contributed by atoms with van der Waals surface area (Å²) in [6, 6.07) is 7.43. The Bertz CT molecular complexity index is 578. The standard InChI is InChI=1S/C19H29N3O2/c1-13(2)17(19(24)22-10-8-16(20-4)9-11-22)21-18(23)15-7-5-6-14(3)12-15/h5-7,12-13,16-17,20H,8-11H2,1-4H3,(H,21,23). The second kappa shape index (κ2) is 8.29. The summed E-state index contributed by atoms with van der Waals surface area (Å²) < 4.78 is 0. The zero-order valence-electron chi connectivity index (χ0n) is 15.1. The van der Waals surface area contributed by atoms with E-state index in [0.717, 1.165) is 31.5 Å². The van der Waals surface area contributed by atoms with Gasteiger partial charge in [0.1, 0.15) is 6.04 Å². The van der Waals surface area contributed by atoms with Crippen molar-refractivity contribution in [3.63, 3.8) is 0 Å². The molecule has 132 valence electrons. The topological polar surface area (TPSA) is 61.4 Å². The van der Waals surface area contributed by atoms with Crippen molar-refractivity contribution in [1.29, 1.82) is 0 Å². The largest absolute Gasteiger partial charge is 0.341 e. The molecule has 0 aliphatic carbocycles. The van der Waals surface area contributed by atoms with Crippen LogP contribution in [0.25, 0.3) is 0 Å². The van der Waals surface area contributed by atoms with Gasteiger partial charge in [-0.1, -0.05) is 31.5 Å². The first-order valence-corrected chi connectivity index (χ1v) is 8.76. The average molecular weight is 331 g/mol. The summed E-state index contributed by atoms with van der Waals surface area (Å²) in [4.78, 5) is 27.2. The predicted molar refractivity (Wildman–Crippen MR) is 95.9 cm³/mol. The smallest absolute Gasteiger partial charge is 0.251 e. The molecule has 0 bridgehead atoms. The summed E-state index contributed by atoms with van der Waals surface area (Å²) in [6.07, 6.45) is 1.91. The maximum absolute atomic E-state index is 12.9. The van der Waals surface area contributed by atoms with Crippen LogP contribution in [0.1, 0.15) is 42.6 Å². The Hall–Kier alpha value is -1.88. The van der Waals surface area contributed by atoms with Gasteiger partial charge in [-0.2, -0.15) is 0 Å². The SMILES string of the molecule is CNC1CCN(C(=O)C(NC(=O)c2cccc(C)c2)C(C)C)CC1. The van der Waals surface area contributed by atoms with Crippen LogP contribution < -0.4 is 10.6 Å². The molecule has 0 saturated carbocycles. The van der Waals surface area contributed by atoms with Gasteiger partial charge in [0.05, 0.1) is 0 Å². The number of hydrogen-bond acceptors (Lipinski definition) is 3. The normalized spacial score (nSPS) is 17.0. The van der Waals surface area contributed by atoms with Gasteiger partial charge >= 0.3 is 0 Å². The van der Waals surface area contributed by atoms with Gasteiger partial charge in [0, 0.05) is 24.7 Å². The highest BCUT2D eigenvalue weighted by atomic mass is 16.2. The third kappa shape index (κ3) is 4.57. The molecule has 5 heteroatoms. The highest BCUT2D eigenvalue weighted by Crippen LogP contribution is 2.15. The minimum absolute atomic E-state index is 0.0283. The number of amides is 2. The number of nitrogens with one attached hydrogen (secondary N) is 2. The molecule has 1 saturated heterocycles. The fourth-order valence-corrected chi connectivity index (χ4v) is 3.11. The van der Waals surface area contributed by atoms with Crippen molar-refractivity contribution in [3.05, 3.63) is 35.4 Å². The number of rotatable bonds is 5. The molecule has 1 aliphatic rings. The quantitative estimate of drug-likeness (QED) is 0.867. The molecular weight excluding hydrogens is 302 g/mol. The summed E-state index contributed by atoms with van der Waals surface area (Å²) >= 11 is 0. The predicted octanol–water partition coefficient (Wildman–Crippen LogP) is 1.96. The summed E-state index contributed by atoms with van der Waals surface area (Å²) in [5.74, 6) is -0.107. The average Bonchev–Trinajstić information content (AvgIpc) is 2.58. The molecule has 1 aromatic rings. The first-order valence-electron chi connectivity index (χ1n) is 8.76. The maximum Gasteiger partial charge on any atom is 0.251 e. The second-order valence-electron chi connectivity index (χ2n) is 6.95. The number of carbonyl (C=O) groups is 2. The molecule has 1 atom stereocenters. The molecule has 0 spiro atoms. The Morgan fingerprint density at radius 2 is 1.88 bits per heavy atom. The van der Waals surface area contributed by atoms with Gasteiger partial charge in [-0.25, -0.2) is 0 Å². The van der Waals surface area contributed by atoms with Crippen LogP contribution in [0.3, 0.4) is 0 Å². The number of piperidine rings is 1. The van der Waals surface area contributed by atoms with E-state index in [1.165, 1.54) is 0 Å². The van der Waals surface area contributed by atoms with E-state index in [9.17, 15) is 9.59 Å². The van der Waals surface area contributed by atoms with Crippen molar-refractivity contribution in [1.82, 2.24) is 15.5 Å². The molecule has 1 aromatic carbocycles. The zero-order chi connectivity index (χ0) is 17.7. The van der Waals surface area contributed by atoms with E-state index in [-0.39, 0.29) is 17.7 Å². The third-order valence-electron chi connectivity index (χ3n) is 4.71. The fourth-order valence-electron chi connectivity index (χ4n) is 3.11. The lowest BCUT2D eigenvalue weighted by Crippen LogP contribution is -2.54. The maximum atomic E-state index is 12.9. The minimum Gasteiger partial charge on any atom is -0.341 e. The van der Waals surface area contributed by atoms with Gasteiger partial charge in [0.2, 0.25) is 5.91 Å². The molecule has 2 N–H and O–H groups in total. The summed E-state index contributed by atoms with van der Waals surface area (Å²) in [5, 5.41) is 6.20. The van der Waals surface area contributed by atoms with E-state index in [4.69, 9.17) is 0 Å². The van der Waals surface area contributed by atoms with Crippen LogP contribution >= 0.6 is 0 Å². The van der Waals surface area contributed by atoms with Crippen molar-refractivity contribution < 1.29 is 9.59 Å². The van der Waals surface area contributed by atoms with Gasteiger partial charge in [-0.15, -0.1) is 0 Å². The van der Waals surface area contributed by atoms with Crippen molar-refractivity contribution in [2.24, 2.45) is 5.92 Å². The van der Waals surface area contributed by atoms with Crippen molar-refractivity contribution in [2.75, 3.05) is 20.1 Å². The molecule has 1 heterocycles. The van der Waals surface area contributed by atoms with Gasteiger partial charge in [0.15, 0.2) is 0 Å². The number of hydrogen-bond donors (Lipinski definition) is 2. The Morgan fingerprint density at radius 1 is 1.21 bits per heavy atom. The van der Waals surface area contributed by atoms with Gasteiger partial charge in [0.25, 0.3) is 5.91 Å². The Balaban J connectivity index is 2.03. The highest BCUT2D eigenvalue weighted by Gasteiger charge is 2.31. The van der Waals surface area contributed by atoms with Crippen molar-refractivity contribution in [3.8, 4) is 0 Å². The lowest BCUT2D eigenvalue weighted by Gasteiger charge is -2.35. The van der Waals surface area contributed by atoms with Crippen LogP contribution in [-0.4, -0.2) is 48.9 Å². The van der Waals surface area contributed by atoms with E-state index in [1.54, 1.807) is 6.07 Å².